The highest BCUT2D eigenvalue weighted by molar-refractivity contribution is 4.69. The van der Waals surface area contributed by atoms with Crippen molar-refractivity contribution in [3.63, 3.8) is 0 Å². The first-order valence-corrected chi connectivity index (χ1v) is 5.33. The first kappa shape index (κ1) is 12.0. The van der Waals surface area contributed by atoms with Gasteiger partial charge in [0, 0.05) is 0 Å². The highest BCUT2D eigenvalue weighted by Gasteiger charge is 2.18. The Kier molecular flexibility index (Phi) is 6.45. The second kappa shape index (κ2) is 6.47. The minimum Gasteiger partial charge on any atom is -0.330 e. The molecular weight excluding hydrogens is 146 g/mol. The summed E-state index contributed by atoms with van der Waals surface area (Å²) in [6, 6.07) is 0. The monoisotopic (exact) mass is 171 g/mol. The van der Waals surface area contributed by atoms with Crippen LogP contribution in [0.2, 0.25) is 0 Å². The van der Waals surface area contributed by atoms with Gasteiger partial charge in [0.1, 0.15) is 0 Å². The molecule has 0 fully saturated rings. The summed E-state index contributed by atoms with van der Waals surface area (Å²) in [5.41, 5.74) is 5.56. The highest BCUT2D eigenvalue weighted by Crippen LogP contribution is 2.27. The molecule has 1 heteroatoms. The number of rotatable bonds is 6. The fraction of sp³-hybridized carbons (Fsp3) is 1.00. The lowest BCUT2D eigenvalue weighted by atomic mass is 9.80. The Labute approximate surface area is 77.7 Å². The van der Waals surface area contributed by atoms with Crippen LogP contribution in [0.25, 0.3) is 0 Å². The Morgan fingerprint density at radius 3 is 2.00 bits per heavy atom. The van der Waals surface area contributed by atoms with Crippen LogP contribution in [-0.4, -0.2) is 6.54 Å². The van der Waals surface area contributed by atoms with Crippen LogP contribution in [-0.2, 0) is 0 Å². The van der Waals surface area contributed by atoms with Crippen molar-refractivity contribution >= 4 is 0 Å². The van der Waals surface area contributed by atoms with E-state index in [-0.39, 0.29) is 0 Å². The standard InChI is InChI=1S/C11H25N/c1-5-6-11(9(2)3)10(4)7-8-12/h9-11H,5-8,12H2,1-4H3. The van der Waals surface area contributed by atoms with Gasteiger partial charge >= 0.3 is 0 Å². The SMILES string of the molecule is CCCC(C(C)C)C(C)CCN. The minimum absolute atomic E-state index is 0.801. The van der Waals surface area contributed by atoms with Crippen LogP contribution in [0.1, 0.15) is 47.0 Å². The Balaban J connectivity index is 3.90. The van der Waals surface area contributed by atoms with Gasteiger partial charge in [0.25, 0.3) is 0 Å². The third-order valence-corrected chi connectivity index (χ3v) is 2.83. The smallest absolute Gasteiger partial charge is 0.00746 e. The van der Waals surface area contributed by atoms with E-state index in [9.17, 15) is 0 Å². The zero-order valence-electron chi connectivity index (χ0n) is 9.14. The maximum atomic E-state index is 5.56. The summed E-state index contributed by atoms with van der Waals surface area (Å²) in [6.45, 7) is 10.1. The molecule has 0 aliphatic rings. The van der Waals surface area contributed by atoms with E-state index < -0.39 is 0 Å². The molecule has 0 amide bonds. The van der Waals surface area contributed by atoms with Gasteiger partial charge in [-0.15, -0.1) is 0 Å². The molecule has 0 spiro atoms. The molecule has 12 heavy (non-hydrogen) atoms. The Bertz CT molecular complexity index is 99.2. The molecule has 2 unspecified atom stereocenters. The van der Waals surface area contributed by atoms with Gasteiger partial charge in [-0.05, 0) is 30.7 Å². The summed E-state index contributed by atoms with van der Waals surface area (Å²) in [5, 5.41) is 0. The molecule has 0 aromatic heterocycles. The van der Waals surface area contributed by atoms with E-state index in [0.29, 0.717) is 0 Å². The van der Waals surface area contributed by atoms with Gasteiger partial charge in [0.2, 0.25) is 0 Å². The number of hydrogen-bond acceptors (Lipinski definition) is 1. The molecule has 2 atom stereocenters. The van der Waals surface area contributed by atoms with Crippen molar-refractivity contribution in [1.29, 1.82) is 0 Å². The lowest BCUT2D eigenvalue weighted by Gasteiger charge is -2.26. The quantitative estimate of drug-likeness (QED) is 0.653. The Hall–Kier alpha value is -0.0400. The van der Waals surface area contributed by atoms with E-state index >= 15 is 0 Å². The van der Waals surface area contributed by atoms with E-state index in [1.807, 2.05) is 0 Å². The van der Waals surface area contributed by atoms with Gasteiger partial charge in [0.05, 0.1) is 0 Å². The Morgan fingerprint density at radius 2 is 1.67 bits per heavy atom. The molecule has 0 saturated carbocycles. The van der Waals surface area contributed by atoms with Crippen molar-refractivity contribution in [2.45, 2.75) is 47.0 Å². The molecule has 74 valence electrons. The highest BCUT2D eigenvalue weighted by atomic mass is 14.5. The molecule has 0 aliphatic carbocycles. The predicted octanol–water partition coefficient (Wildman–Crippen LogP) is 3.04. The van der Waals surface area contributed by atoms with Crippen molar-refractivity contribution in [3.8, 4) is 0 Å². The van der Waals surface area contributed by atoms with Gasteiger partial charge in [-0.2, -0.15) is 0 Å². The lowest BCUT2D eigenvalue weighted by Crippen LogP contribution is -2.20. The summed E-state index contributed by atoms with van der Waals surface area (Å²) in [4.78, 5) is 0. The van der Waals surface area contributed by atoms with E-state index in [1.54, 1.807) is 0 Å². The molecule has 0 aliphatic heterocycles. The molecule has 0 rings (SSSR count). The van der Waals surface area contributed by atoms with Gasteiger partial charge in [-0.1, -0.05) is 40.5 Å². The predicted molar refractivity (Wildman–Crippen MR) is 56.1 cm³/mol. The van der Waals surface area contributed by atoms with Crippen LogP contribution < -0.4 is 5.73 Å². The van der Waals surface area contributed by atoms with Crippen molar-refractivity contribution < 1.29 is 0 Å². The van der Waals surface area contributed by atoms with E-state index in [1.165, 1.54) is 19.3 Å². The molecular formula is C11H25N. The summed E-state index contributed by atoms with van der Waals surface area (Å²) in [7, 11) is 0. The molecule has 0 radical (unpaired) electrons. The molecule has 0 heterocycles. The molecule has 1 nitrogen and oxygen atoms in total. The molecule has 0 aromatic rings. The fourth-order valence-corrected chi connectivity index (χ4v) is 2.09. The van der Waals surface area contributed by atoms with E-state index in [2.05, 4.69) is 27.7 Å². The van der Waals surface area contributed by atoms with E-state index in [4.69, 9.17) is 5.73 Å². The van der Waals surface area contributed by atoms with Gasteiger partial charge in [-0.3, -0.25) is 0 Å². The molecule has 0 saturated heterocycles. The minimum atomic E-state index is 0.801. The average Bonchev–Trinajstić information content (AvgIpc) is 1.99. The maximum absolute atomic E-state index is 5.56. The topological polar surface area (TPSA) is 26.0 Å². The zero-order valence-corrected chi connectivity index (χ0v) is 9.14. The zero-order chi connectivity index (χ0) is 9.56. The number of hydrogen-bond donors (Lipinski definition) is 1. The first-order chi connectivity index (χ1) is 5.63. The van der Waals surface area contributed by atoms with Crippen LogP contribution in [0.15, 0.2) is 0 Å². The summed E-state index contributed by atoms with van der Waals surface area (Å²) < 4.78 is 0. The summed E-state index contributed by atoms with van der Waals surface area (Å²) >= 11 is 0. The van der Waals surface area contributed by atoms with Crippen molar-refractivity contribution in [2.75, 3.05) is 6.54 Å². The van der Waals surface area contributed by atoms with Crippen LogP contribution >= 0.6 is 0 Å². The Morgan fingerprint density at radius 1 is 1.08 bits per heavy atom. The largest absolute Gasteiger partial charge is 0.330 e. The van der Waals surface area contributed by atoms with Crippen LogP contribution in [0, 0.1) is 17.8 Å². The summed E-state index contributed by atoms with van der Waals surface area (Å²) in [5.74, 6) is 2.49. The van der Waals surface area contributed by atoms with Crippen LogP contribution in [0.5, 0.6) is 0 Å². The van der Waals surface area contributed by atoms with Crippen molar-refractivity contribution in [1.82, 2.24) is 0 Å². The summed E-state index contributed by atoms with van der Waals surface area (Å²) in [6.07, 6.45) is 3.85. The average molecular weight is 171 g/mol. The normalized spacial score (nSPS) is 16.5. The molecule has 0 bridgehead atoms. The van der Waals surface area contributed by atoms with Crippen LogP contribution in [0.4, 0.5) is 0 Å². The van der Waals surface area contributed by atoms with Crippen molar-refractivity contribution in [2.24, 2.45) is 23.5 Å². The fourth-order valence-electron chi connectivity index (χ4n) is 2.09. The third kappa shape index (κ3) is 4.10. The maximum Gasteiger partial charge on any atom is -0.00746 e. The molecule has 0 aromatic carbocycles. The second-order valence-electron chi connectivity index (χ2n) is 4.25. The number of nitrogens with two attached hydrogens (primary N) is 1. The van der Waals surface area contributed by atoms with Gasteiger partial charge < -0.3 is 5.73 Å². The van der Waals surface area contributed by atoms with Gasteiger partial charge in [0.15, 0.2) is 0 Å². The van der Waals surface area contributed by atoms with E-state index in [0.717, 1.165) is 24.3 Å². The van der Waals surface area contributed by atoms with Crippen molar-refractivity contribution in [3.05, 3.63) is 0 Å². The second-order valence-corrected chi connectivity index (χ2v) is 4.25. The lowest BCUT2D eigenvalue weighted by molar-refractivity contribution is 0.242. The third-order valence-electron chi connectivity index (χ3n) is 2.83. The first-order valence-electron chi connectivity index (χ1n) is 5.33. The molecule has 2 N–H and O–H groups in total. The van der Waals surface area contributed by atoms with Crippen LogP contribution in [0.3, 0.4) is 0 Å². The van der Waals surface area contributed by atoms with Gasteiger partial charge in [-0.25, -0.2) is 0 Å².